The lowest BCUT2D eigenvalue weighted by Gasteiger charge is -1.96. The lowest BCUT2D eigenvalue weighted by atomic mass is 10.3. The summed E-state index contributed by atoms with van der Waals surface area (Å²) in [6.07, 6.45) is 2.01. The lowest BCUT2D eigenvalue weighted by Crippen LogP contribution is -2.21. The van der Waals surface area contributed by atoms with Gasteiger partial charge in [0, 0.05) is 10.3 Å². The van der Waals surface area contributed by atoms with Crippen LogP contribution in [0.2, 0.25) is 0 Å². The van der Waals surface area contributed by atoms with E-state index in [0.29, 0.717) is 10.3 Å². The zero-order valence-corrected chi connectivity index (χ0v) is 15.6. The fourth-order valence-corrected chi connectivity index (χ4v) is 3.74. The maximum Gasteiger partial charge on any atom is 0.276 e. The van der Waals surface area contributed by atoms with Gasteiger partial charge in [0.1, 0.15) is 5.69 Å². The van der Waals surface area contributed by atoms with E-state index in [1.807, 2.05) is 24.5 Å². The van der Waals surface area contributed by atoms with Gasteiger partial charge in [0.25, 0.3) is 5.91 Å². The Kier molecular flexibility index (Phi) is 5.99. The second-order valence-corrected chi connectivity index (χ2v) is 7.11. The number of carbonyl (C=O) groups is 1. The molecule has 2 aromatic heterocycles. The number of nitrogens with zero attached hydrogens (tertiary/aromatic N) is 3. The fraction of sp³-hybridized carbons (Fsp3) is 0.0769. The Morgan fingerprint density at radius 3 is 2.83 bits per heavy atom. The number of halogens is 1. The molecule has 24 heavy (non-hydrogen) atoms. The van der Waals surface area contributed by atoms with E-state index in [1.165, 1.54) is 22.7 Å². The predicted octanol–water partition coefficient (Wildman–Crippen LogP) is 3.05. The molecule has 0 aliphatic heterocycles. The summed E-state index contributed by atoms with van der Waals surface area (Å²) in [4.78, 5) is 25.6. The molecule has 0 aliphatic carbocycles. The van der Waals surface area contributed by atoms with E-state index in [9.17, 15) is 4.79 Å². The summed E-state index contributed by atoms with van der Waals surface area (Å²) in [5.41, 5.74) is 11.7. The highest BCUT2D eigenvalue weighted by Crippen LogP contribution is 2.29. The molecule has 2 heterocycles. The smallest absolute Gasteiger partial charge is 0.276 e. The van der Waals surface area contributed by atoms with E-state index in [4.69, 9.17) is 11.5 Å². The second kappa shape index (κ2) is 7.79. The van der Waals surface area contributed by atoms with Crippen molar-refractivity contribution in [3.8, 4) is 0 Å². The molecule has 3 rings (SSSR count). The van der Waals surface area contributed by atoms with Crippen molar-refractivity contribution in [2.75, 3.05) is 11.6 Å². The van der Waals surface area contributed by atoms with Gasteiger partial charge in [0.15, 0.2) is 11.1 Å². The van der Waals surface area contributed by atoms with Crippen molar-refractivity contribution in [3.05, 3.63) is 29.3 Å². The molecule has 3 aromatic rings. The molecule has 0 spiro atoms. The fourth-order valence-electron chi connectivity index (χ4n) is 1.78. The van der Waals surface area contributed by atoms with Crippen LogP contribution >= 0.6 is 46.8 Å². The normalized spacial score (nSPS) is 10.2. The molecule has 0 aliphatic rings. The average Bonchev–Trinajstić information content (AvgIpc) is 3.11. The van der Waals surface area contributed by atoms with Crippen LogP contribution in [-0.4, -0.2) is 28.1 Å². The van der Waals surface area contributed by atoms with E-state index in [0.717, 1.165) is 15.1 Å². The van der Waals surface area contributed by atoms with Gasteiger partial charge in [-0.05, 0) is 24.5 Å². The molecule has 0 bridgehead atoms. The minimum absolute atomic E-state index is 0. The summed E-state index contributed by atoms with van der Waals surface area (Å²) >= 11 is 4.25. The number of rotatable bonds is 4. The van der Waals surface area contributed by atoms with Crippen LogP contribution in [0.15, 0.2) is 33.5 Å². The number of hydrogen-bond acceptors (Lipinski definition) is 7. The van der Waals surface area contributed by atoms with Gasteiger partial charge in [-0.25, -0.2) is 9.97 Å². The van der Waals surface area contributed by atoms with Crippen LogP contribution in [-0.2, 0) is 0 Å². The second-order valence-electron chi connectivity index (χ2n) is 4.36. The molecular weight excluding hydrogens is 388 g/mol. The number of fused-ring (bicyclic) bond motifs is 1. The Bertz CT molecular complexity index is 902. The number of thiazole rings is 2. The number of hydrogen-bond donors (Lipinski definition) is 3. The van der Waals surface area contributed by atoms with E-state index >= 15 is 0 Å². The van der Waals surface area contributed by atoms with Crippen LogP contribution in [0.3, 0.4) is 0 Å². The van der Waals surface area contributed by atoms with Crippen LogP contribution < -0.4 is 16.8 Å². The largest absolute Gasteiger partial charge is 0.370 e. The third-order valence-electron chi connectivity index (χ3n) is 2.76. The van der Waals surface area contributed by atoms with Crippen molar-refractivity contribution in [2.45, 2.75) is 4.90 Å². The van der Waals surface area contributed by atoms with Crippen molar-refractivity contribution in [1.82, 2.24) is 9.97 Å². The molecule has 0 saturated heterocycles. The summed E-state index contributed by atoms with van der Waals surface area (Å²) < 4.78 is 1.01. The van der Waals surface area contributed by atoms with Gasteiger partial charge in [0.2, 0.25) is 5.13 Å². The van der Waals surface area contributed by atoms with Gasteiger partial charge < -0.3 is 11.5 Å². The monoisotopic (exact) mass is 400 g/mol. The number of amides is 1. The standard InChI is InChI=1S/C13H12N6OS3.ClH/c1-21-6-2-3-9-7(4-6)16-13(23-9)18-10(20)8-5-22-12(17-8)19-11(14)15;/h2-5H,1H3,(H,16,18,20)(H4,14,15,17,19);1H. The Labute approximate surface area is 156 Å². The highest BCUT2D eigenvalue weighted by atomic mass is 35.5. The SMILES string of the molecule is CSc1ccc2sc(NC(=O)c3csc(N=C(N)N)n3)nc2c1.Cl. The summed E-state index contributed by atoms with van der Waals surface area (Å²) in [5.74, 6) is -0.440. The number of thioether (sulfide) groups is 1. The number of aliphatic imine (C=N–C) groups is 1. The van der Waals surface area contributed by atoms with Gasteiger partial charge in [-0.3, -0.25) is 10.1 Å². The van der Waals surface area contributed by atoms with Gasteiger partial charge in [0.05, 0.1) is 10.2 Å². The molecule has 1 aromatic carbocycles. The molecule has 0 radical (unpaired) electrons. The van der Waals surface area contributed by atoms with E-state index < -0.39 is 0 Å². The Morgan fingerprint density at radius 2 is 2.12 bits per heavy atom. The Hall–Kier alpha value is -1.88. The Morgan fingerprint density at radius 1 is 1.33 bits per heavy atom. The molecule has 1 amide bonds. The molecular formula is C13H13ClN6OS3. The molecule has 126 valence electrons. The van der Waals surface area contributed by atoms with E-state index in [2.05, 4.69) is 20.3 Å². The number of aromatic nitrogens is 2. The van der Waals surface area contributed by atoms with Gasteiger partial charge in [-0.2, -0.15) is 4.99 Å². The predicted molar refractivity (Wildman–Crippen MR) is 104 cm³/mol. The molecule has 0 atom stereocenters. The van der Waals surface area contributed by atoms with Crippen molar-refractivity contribution in [3.63, 3.8) is 0 Å². The molecule has 0 unspecified atom stereocenters. The van der Waals surface area contributed by atoms with Gasteiger partial charge >= 0.3 is 0 Å². The number of nitrogens with two attached hydrogens (primary N) is 2. The number of nitrogens with one attached hydrogen (secondary N) is 1. The molecule has 5 N–H and O–H groups in total. The first-order valence-electron chi connectivity index (χ1n) is 6.36. The first-order chi connectivity index (χ1) is 11.0. The third-order valence-corrected chi connectivity index (χ3v) is 5.18. The maximum atomic E-state index is 12.2. The first kappa shape index (κ1) is 18.5. The van der Waals surface area contributed by atoms with E-state index in [1.54, 1.807) is 17.1 Å². The van der Waals surface area contributed by atoms with Crippen LogP contribution in [0, 0.1) is 0 Å². The molecule has 0 fully saturated rings. The van der Waals surface area contributed by atoms with Crippen LogP contribution in [0.5, 0.6) is 0 Å². The number of carbonyl (C=O) groups excluding carboxylic acids is 1. The molecule has 11 heteroatoms. The number of benzene rings is 1. The third kappa shape index (κ3) is 4.15. The zero-order valence-electron chi connectivity index (χ0n) is 12.3. The zero-order chi connectivity index (χ0) is 16.4. The maximum absolute atomic E-state index is 12.2. The van der Waals surface area contributed by atoms with Gasteiger partial charge in [-0.1, -0.05) is 11.3 Å². The van der Waals surface area contributed by atoms with Gasteiger partial charge in [-0.15, -0.1) is 35.5 Å². The number of anilines is 1. The minimum atomic E-state index is -0.345. The van der Waals surface area contributed by atoms with Crippen LogP contribution in [0.25, 0.3) is 10.2 Å². The molecule has 7 nitrogen and oxygen atoms in total. The van der Waals surface area contributed by atoms with Crippen molar-refractivity contribution in [2.24, 2.45) is 16.5 Å². The van der Waals surface area contributed by atoms with Crippen LogP contribution in [0.4, 0.5) is 10.3 Å². The summed E-state index contributed by atoms with van der Waals surface area (Å²) in [6.45, 7) is 0. The van der Waals surface area contributed by atoms with Crippen molar-refractivity contribution in [1.29, 1.82) is 0 Å². The average molecular weight is 401 g/mol. The molecule has 0 saturated carbocycles. The summed E-state index contributed by atoms with van der Waals surface area (Å²) in [6, 6.07) is 6.01. The summed E-state index contributed by atoms with van der Waals surface area (Å²) in [5, 5.41) is 5.20. The topological polar surface area (TPSA) is 119 Å². The Balaban J connectivity index is 0.00000208. The number of guanidine groups is 1. The highest BCUT2D eigenvalue weighted by molar-refractivity contribution is 7.98. The minimum Gasteiger partial charge on any atom is -0.370 e. The van der Waals surface area contributed by atoms with Crippen LogP contribution in [0.1, 0.15) is 10.5 Å². The van der Waals surface area contributed by atoms with Crippen molar-refractivity contribution >= 4 is 79.2 Å². The highest BCUT2D eigenvalue weighted by Gasteiger charge is 2.13. The quantitative estimate of drug-likeness (QED) is 0.351. The van der Waals surface area contributed by atoms with Crippen molar-refractivity contribution < 1.29 is 4.79 Å². The van der Waals surface area contributed by atoms with E-state index in [-0.39, 0.29) is 30.0 Å². The first-order valence-corrected chi connectivity index (χ1v) is 9.28. The lowest BCUT2D eigenvalue weighted by molar-refractivity contribution is 0.102. The summed E-state index contributed by atoms with van der Waals surface area (Å²) in [7, 11) is 0.